The van der Waals surface area contributed by atoms with Crippen LogP contribution in [0.4, 0.5) is 17.6 Å². The van der Waals surface area contributed by atoms with Gasteiger partial charge < -0.3 is 15.0 Å². The SMILES string of the molecule is CC(C)C(CC=O)c1nnc2cc(-c3ccnc(Nc4ccnn4C)n3)cc(N(C)C)n12. The summed E-state index contributed by atoms with van der Waals surface area (Å²) in [6.07, 6.45) is 4.78. The molecule has 4 aromatic rings. The molecule has 0 saturated heterocycles. The van der Waals surface area contributed by atoms with Crippen LogP contribution in [0.1, 0.15) is 32.0 Å². The summed E-state index contributed by atoms with van der Waals surface area (Å²) in [6, 6.07) is 7.72. The fraction of sp³-hybridized carbons (Fsp3) is 0.364. The van der Waals surface area contributed by atoms with E-state index in [1.54, 1.807) is 17.1 Å². The smallest absolute Gasteiger partial charge is 0.228 e. The number of aryl methyl sites for hydroxylation is 1. The molecule has 4 aromatic heterocycles. The van der Waals surface area contributed by atoms with Crippen molar-refractivity contribution in [2.24, 2.45) is 13.0 Å². The molecule has 10 nitrogen and oxygen atoms in total. The van der Waals surface area contributed by atoms with Crippen molar-refractivity contribution < 1.29 is 4.79 Å². The van der Waals surface area contributed by atoms with Gasteiger partial charge in [-0.05, 0) is 24.1 Å². The summed E-state index contributed by atoms with van der Waals surface area (Å²) in [6.45, 7) is 4.19. The van der Waals surface area contributed by atoms with E-state index in [2.05, 4.69) is 44.4 Å². The Morgan fingerprint density at radius 2 is 1.97 bits per heavy atom. The summed E-state index contributed by atoms with van der Waals surface area (Å²) >= 11 is 0. The van der Waals surface area contributed by atoms with Crippen LogP contribution >= 0.6 is 0 Å². The lowest BCUT2D eigenvalue weighted by Crippen LogP contribution is -2.17. The second-order valence-corrected chi connectivity index (χ2v) is 8.23. The van der Waals surface area contributed by atoms with Crippen molar-refractivity contribution in [3.05, 3.63) is 42.5 Å². The molecule has 0 aromatic carbocycles. The molecule has 0 amide bonds. The van der Waals surface area contributed by atoms with Crippen molar-refractivity contribution in [1.29, 1.82) is 0 Å². The lowest BCUT2D eigenvalue weighted by atomic mass is 9.92. The van der Waals surface area contributed by atoms with E-state index >= 15 is 0 Å². The number of carbonyl (C=O) groups excluding carboxylic acids is 1. The number of carbonyl (C=O) groups is 1. The predicted molar refractivity (Wildman–Crippen MR) is 123 cm³/mol. The lowest BCUT2D eigenvalue weighted by molar-refractivity contribution is -0.108. The monoisotopic (exact) mass is 433 g/mol. The maximum Gasteiger partial charge on any atom is 0.228 e. The van der Waals surface area contributed by atoms with Crippen LogP contribution in [-0.2, 0) is 11.8 Å². The van der Waals surface area contributed by atoms with Gasteiger partial charge in [-0.15, -0.1) is 10.2 Å². The summed E-state index contributed by atoms with van der Waals surface area (Å²) < 4.78 is 3.74. The molecular formula is C22H27N9O. The number of anilines is 3. The Balaban J connectivity index is 1.79. The molecule has 0 fully saturated rings. The molecule has 0 bridgehead atoms. The van der Waals surface area contributed by atoms with Crippen LogP contribution in [0, 0.1) is 5.92 Å². The zero-order valence-corrected chi connectivity index (χ0v) is 18.9. The standard InChI is InChI=1S/C22H27N9O/c1-14(2)16(8-11-32)21-28-27-19-12-15(13-20(29(3)4)31(19)21)17-6-9-23-22(25-17)26-18-7-10-24-30(18)5/h6-7,9-14,16H,8H2,1-5H3,(H,23,25,26). The summed E-state index contributed by atoms with van der Waals surface area (Å²) in [5.74, 6) is 3.21. The highest BCUT2D eigenvalue weighted by molar-refractivity contribution is 5.71. The van der Waals surface area contributed by atoms with E-state index in [1.807, 2.05) is 54.7 Å². The van der Waals surface area contributed by atoms with Gasteiger partial charge in [0.2, 0.25) is 5.95 Å². The van der Waals surface area contributed by atoms with E-state index in [-0.39, 0.29) is 11.8 Å². The van der Waals surface area contributed by atoms with Crippen LogP contribution in [0.3, 0.4) is 0 Å². The summed E-state index contributed by atoms with van der Waals surface area (Å²) in [5.41, 5.74) is 2.36. The van der Waals surface area contributed by atoms with Gasteiger partial charge in [0.1, 0.15) is 23.7 Å². The lowest BCUT2D eigenvalue weighted by Gasteiger charge is -2.21. The Kier molecular flexibility index (Phi) is 5.85. The number of hydrogen-bond donors (Lipinski definition) is 1. The van der Waals surface area contributed by atoms with E-state index in [4.69, 9.17) is 0 Å². The molecular weight excluding hydrogens is 406 g/mol. The van der Waals surface area contributed by atoms with Gasteiger partial charge in [0.15, 0.2) is 5.65 Å². The number of rotatable bonds is 8. The van der Waals surface area contributed by atoms with Crippen LogP contribution in [0.2, 0.25) is 0 Å². The average Bonchev–Trinajstić information content (AvgIpc) is 3.37. The number of aromatic nitrogens is 7. The van der Waals surface area contributed by atoms with E-state index in [9.17, 15) is 4.79 Å². The minimum atomic E-state index is -0.0132. The molecule has 0 radical (unpaired) electrons. The normalized spacial score (nSPS) is 12.3. The maximum atomic E-state index is 11.3. The van der Waals surface area contributed by atoms with Crippen molar-refractivity contribution in [1.82, 2.24) is 34.3 Å². The third kappa shape index (κ3) is 4.03. The fourth-order valence-electron chi connectivity index (χ4n) is 3.71. The largest absolute Gasteiger partial charge is 0.364 e. The van der Waals surface area contributed by atoms with Gasteiger partial charge in [0, 0.05) is 51.3 Å². The van der Waals surface area contributed by atoms with Gasteiger partial charge in [-0.3, -0.25) is 9.08 Å². The van der Waals surface area contributed by atoms with Crippen LogP contribution < -0.4 is 10.2 Å². The second-order valence-electron chi connectivity index (χ2n) is 8.23. The molecule has 1 atom stereocenters. The summed E-state index contributed by atoms with van der Waals surface area (Å²) in [5, 5.41) is 16.2. The van der Waals surface area contributed by atoms with E-state index in [0.29, 0.717) is 18.0 Å². The highest BCUT2D eigenvalue weighted by Gasteiger charge is 2.24. The first-order valence-corrected chi connectivity index (χ1v) is 10.5. The number of hydrogen-bond acceptors (Lipinski definition) is 8. The Bertz CT molecular complexity index is 1240. The van der Waals surface area contributed by atoms with Crippen molar-refractivity contribution in [2.75, 3.05) is 24.3 Å². The number of nitrogens with one attached hydrogen (secondary N) is 1. The predicted octanol–water partition coefficient (Wildman–Crippen LogP) is 3.06. The third-order valence-electron chi connectivity index (χ3n) is 5.47. The highest BCUT2D eigenvalue weighted by atomic mass is 16.1. The number of pyridine rings is 1. The second kappa shape index (κ2) is 8.74. The zero-order chi connectivity index (χ0) is 22.8. The molecule has 32 heavy (non-hydrogen) atoms. The fourth-order valence-corrected chi connectivity index (χ4v) is 3.71. The third-order valence-corrected chi connectivity index (χ3v) is 5.47. The summed E-state index contributed by atoms with van der Waals surface area (Å²) in [7, 11) is 5.80. The molecule has 4 heterocycles. The van der Waals surface area contributed by atoms with Gasteiger partial charge in [0.25, 0.3) is 0 Å². The van der Waals surface area contributed by atoms with Gasteiger partial charge >= 0.3 is 0 Å². The first-order chi connectivity index (χ1) is 15.4. The minimum Gasteiger partial charge on any atom is -0.364 e. The molecule has 0 aliphatic rings. The molecule has 1 N–H and O–H groups in total. The number of nitrogens with zero attached hydrogens (tertiary/aromatic N) is 8. The van der Waals surface area contributed by atoms with Crippen molar-refractivity contribution >= 4 is 29.5 Å². The van der Waals surface area contributed by atoms with Gasteiger partial charge in [-0.1, -0.05) is 13.8 Å². The van der Waals surface area contributed by atoms with Crippen molar-refractivity contribution in [3.63, 3.8) is 0 Å². The van der Waals surface area contributed by atoms with Crippen molar-refractivity contribution in [2.45, 2.75) is 26.2 Å². The molecule has 0 saturated carbocycles. The number of fused-ring (bicyclic) bond motifs is 1. The quantitative estimate of drug-likeness (QED) is 0.423. The van der Waals surface area contributed by atoms with E-state index in [0.717, 1.165) is 35.0 Å². The molecule has 0 spiro atoms. The molecule has 10 heteroatoms. The zero-order valence-electron chi connectivity index (χ0n) is 18.9. The van der Waals surface area contributed by atoms with Crippen LogP contribution in [-0.4, -0.2) is 54.7 Å². The maximum absolute atomic E-state index is 11.3. The Hall–Kier alpha value is -3.82. The van der Waals surface area contributed by atoms with Gasteiger partial charge in [0.05, 0.1) is 11.9 Å². The topological polar surface area (TPSA) is 106 Å². The van der Waals surface area contributed by atoms with E-state index < -0.39 is 0 Å². The molecule has 4 rings (SSSR count). The Morgan fingerprint density at radius 3 is 2.62 bits per heavy atom. The molecule has 0 aliphatic carbocycles. The molecule has 166 valence electrons. The Morgan fingerprint density at radius 1 is 1.16 bits per heavy atom. The molecule has 0 aliphatic heterocycles. The first kappa shape index (κ1) is 21.4. The van der Waals surface area contributed by atoms with Crippen LogP contribution in [0.15, 0.2) is 36.7 Å². The van der Waals surface area contributed by atoms with Crippen molar-refractivity contribution in [3.8, 4) is 11.3 Å². The van der Waals surface area contributed by atoms with Gasteiger partial charge in [-0.25, -0.2) is 9.97 Å². The Labute approximate surface area is 186 Å². The highest BCUT2D eigenvalue weighted by Crippen LogP contribution is 2.32. The minimum absolute atomic E-state index is 0.0132. The molecule has 1 unspecified atom stereocenters. The average molecular weight is 434 g/mol. The van der Waals surface area contributed by atoms with E-state index in [1.165, 1.54) is 0 Å². The van der Waals surface area contributed by atoms with Gasteiger partial charge in [-0.2, -0.15) is 5.10 Å². The van der Waals surface area contributed by atoms with Crippen LogP contribution in [0.25, 0.3) is 16.9 Å². The summed E-state index contributed by atoms with van der Waals surface area (Å²) in [4.78, 5) is 22.3. The van der Waals surface area contributed by atoms with Crippen LogP contribution in [0.5, 0.6) is 0 Å². The first-order valence-electron chi connectivity index (χ1n) is 10.5. The number of aldehydes is 1.